The molecule has 3 rings (SSSR count). The summed E-state index contributed by atoms with van der Waals surface area (Å²) in [5.41, 5.74) is 3.07. The molecule has 27 heavy (non-hydrogen) atoms. The number of carbonyl (C=O) groups is 2. The van der Waals surface area contributed by atoms with Crippen molar-refractivity contribution in [2.24, 2.45) is 0 Å². The fourth-order valence-corrected chi connectivity index (χ4v) is 3.71. The molecule has 0 aromatic heterocycles. The summed E-state index contributed by atoms with van der Waals surface area (Å²) in [6.45, 7) is 5.15. The van der Waals surface area contributed by atoms with Gasteiger partial charge >= 0.3 is 0 Å². The average Bonchev–Trinajstić information content (AvgIpc) is 2.66. The molecule has 2 N–H and O–H groups in total. The lowest BCUT2D eigenvalue weighted by Crippen LogP contribution is -2.25. The maximum Gasteiger partial charge on any atom is 0.255 e. The van der Waals surface area contributed by atoms with Crippen molar-refractivity contribution in [3.8, 4) is 5.75 Å². The maximum atomic E-state index is 12.7. The SMILES string of the molecule is CCOc1ccc(C(=O)Nc2cc(Cl)c3c(c2Cl)CNCC3)cc1C(C)=O. The largest absolute Gasteiger partial charge is 0.493 e. The number of benzene rings is 2. The fraction of sp³-hybridized carbons (Fsp3) is 0.300. The first kappa shape index (κ1) is 19.7. The first-order valence-electron chi connectivity index (χ1n) is 8.72. The van der Waals surface area contributed by atoms with Gasteiger partial charge in [-0.1, -0.05) is 23.2 Å². The third kappa shape index (κ3) is 4.10. The summed E-state index contributed by atoms with van der Waals surface area (Å²) in [7, 11) is 0. The van der Waals surface area contributed by atoms with Crippen LogP contribution in [0.25, 0.3) is 0 Å². The van der Waals surface area contributed by atoms with Gasteiger partial charge in [0, 0.05) is 17.1 Å². The lowest BCUT2D eigenvalue weighted by atomic mass is 10.00. The fourth-order valence-electron chi connectivity index (χ4n) is 3.11. The summed E-state index contributed by atoms with van der Waals surface area (Å²) in [5, 5.41) is 7.12. The second-order valence-corrected chi connectivity index (χ2v) is 7.04. The van der Waals surface area contributed by atoms with E-state index in [1.807, 2.05) is 6.92 Å². The molecule has 2 aromatic carbocycles. The summed E-state index contributed by atoms with van der Waals surface area (Å²) in [4.78, 5) is 24.6. The zero-order chi connectivity index (χ0) is 19.6. The van der Waals surface area contributed by atoms with E-state index in [0.29, 0.717) is 45.8 Å². The van der Waals surface area contributed by atoms with Crippen LogP contribution in [0.15, 0.2) is 24.3 Å². The van der Waals surface area contributed by atoms with Gasteiger partial charge < -0.3 is 15.4 Å². The number of ether oxygens (including phenoxy) is 1. The molecule has 1 heterocycles. The standard InChI is InChI=1S/C20H20Cl2N2O3/c1-3-27-18-5-4-12(8-14(18)11(2)25)20(26)24-17-9-16(21)13-6-7-23-10-15(13)19(17)22/h4-5,8-9,23H,3,6-7,10H2,1-2H3,(H,24,26). The smallest absolute Gasteiger partial charge is 0.255 e. The number of amides is 1. The number of ketones is 1. The molecule has 0 aliphatic carbocycles. The molecule has 7 heteroatoms. The third-order valence-electron chi connectivity index (χ3n) is 4.45. The third-order valence-corrected chi connectivity index (χ3v) is 5.22. The first-order valence-corrected chi connectivity index (χ1v) is 9.47. The highest BCUT2D eigenvalue weighted by atomic mass is 35.5. The Morgan fingerprint density at radius 2 is 2.00 bits per heavy atom. The normalized spacial score (nSPS) is 13.0. The number of nitrogens with one attached hydrogen (secondary N) is 2. The minimum atomic E-state index is -0.373. The zero-order valence-corrected chi connectivity index (χ0v) is 16.6. The molecule has 0 spiro atoms. The van der Waals surface area contributed by atoms with Gasteiger partial charge in [-0.05, 0) is 62.2 Å². The van der Waals surface area contributed by atoms with Crippen molar-refractivity contribution in [3.05, 3.63) is 56.6 Å². The van der Waals surface area contributed by atoms with E-state index >= 15 is 0 Å². The molecule has 142 valence electrons. The van der Waals surface area contributed by atoms with E-state index < -0.39 is 0 Å². The van der Waals surface area contributed by atoms with Gasteiger partial charge in [-0.15, -0.1) is 0 Å². The van der Waals surface area contributed by atoms with Crippen LogP contribution in [0, 0.1) is 0 Å². The van der Waals surface area contributed by atoms with E-state index in [1.165, 1.54) is 13.0 Å². The van der Waals surface area contributed by atoms with Crippen LogP contribution in [0.4, 0.5) is 5.69 Å². The van der Waals surface area contributed by atoms with Crippen molar-refractivity contribution in [1.29, 1.82) is 0 Å². The monoisotopic (exact) mass is 406 g/mol. The number of Topliss-reactive ketones (excluding diaryl/α,β-unsaturated/α-hetero) is 1. The molecule has 1 amide bonds. The Kier molecular flexibility index (Phi) is 6.05. The van der Waals surface area contributed by atoms with Gasteiger partial charge in [-0.3, -0.25) is 9.59 Å². The number of hydrogen-bond donors (Lipinski definition) is 2. The minimum Gasteiger partial charge on any atom is -0.493 e. The van der Waals surface area contributed by atoms with Gasteiger partial charge in [0.2, 0.25) is 0 Å². The number of anilines is 1. The summed E-state index contributed by atoms with van der Waals surface area (Å²) >= 11 is 12.9. The van der Waals surface area contributed by atoms with Gasteiger partial charge in [0.25, 0.3) is 5.91 Å². The van der Waals surface area contributed by atoms with Crippen LogP contribution < -0.4 is 15.4 Å². The second kappa shape index (κ2) is 8.30. The predicted molar refractivity (Wildman–Crippen MR) is 107 cm³/mol. The maximum absolute atomic E-state index is 12.7. The summed E-state index contributed by atoms with van der Waals surface area (Å²) in [5.74, 6) is -0.0845. The van der Waals surface area contributed by atoms with Crippen LogP contribution in [-0.4, -0.2) is 24.8 Å². The molecular weight excluding hydrogens is 387 g/mol. The van der Waals surface area contributed by atoms with Crippen molar-refractivity contribution in [3.63, 3.8) is 0 Å². The zero-order valence-electron chi connectivity index (χ0n) is 15.1. The van der Waals surface area contributed by atoms with Crippen LogP contribution >= 0.6 is 23.2 Å². The van der Waals surface area contributed by atoms with Gasteiger partial charge in [-0.2, -0.15) is 0 Å². The van der Waals surface area contributed by atoms with E-state index in [2.05, 4.69) is 10.6 Å². The van der Waals surface area contributed by atoms with E-state index in [1.54, 1.807) is 18.2 Å². The number of carbonyl (C=O) groups excluding carboxylic acids is 2. The minimum absolute atomic E-state index is 0.172. The van der Waals surface area contributed by atoms with Crippen molar-refractivity contribution >= 4 is 40.6 Å². The van der Waals surface area contributed by atoms with Crippen molar-refractivity contribution in [2.45, 2.75) is 26.8 Å². The molecule has 5 nitrogen and oxygen atoms in total. The Labute approximate surface area is 168 Å². The van der Waals surface area contributed by atoms with Crippen LogP contribution in [0.1, 0.15) is 45.7 Å². The molecule has 1 aliphatic heterocycles. The van der Waals surface area contributed by atoms with Gasteiger partial charge in [0.15, 0.2) is 5.78 Å². The Hall–Kier alpha value is -2.08. The molecule has 0 atom stereocenters. The van der Waals surface area contributed by atoms with Gasteiger partial charge in [0.1, 0.15) is 5.75 Å². The van der Waals surface area contributed by atoms with Crippen LogP contribution in [-0.2, 0) is 13.0 Å². The predicted octanol–water partition coefficient (Wildman–Crippen LogP) is 4.49. The molecule has 0 bridgehead atoms. The number of hydrogen-bond acceptors (Lipinski definition) is 4. The summed E-state index contributed by atoms with van der Waals surface area (Å²) in [6.07, 6.45) is 0.795. The molecular formula is C20H20Cl2N2O3. The highest BCUT2D eigenvalue weighted by Crippen LogP contribution is 2.36. The van der Waals surface area contributed by atoms with Gasteiger partial charge in [-0.25, -0.2) is 0 Å². The topological polar surface area (TPSA) is 67.4 Å². The molecule has 0 saturated carbocycles. The lowest BCUT2D eigenvalue weighted by Gasteiger charge is -2.22. The van der Waals surface area contributed by atoms with Crippen LogP contribution in [0.2, 0.25) is 10.0 Å². The van der Waals surface area contributed by atoms with Crippen molar-refractivity contribution in [2.75, 3.05) is 18.5 Å². The number of halogens is 2. The number of fused-ring (bicyclic) bond motifs is 1. The Balaban J connectivity index is 1.91. The van der Waals surface area contributed by atoms with Crippen molar-refractivity contribution < 1.29 is 14.3 Å². The quantitative estimate of drug-likeness (QED) is 0.717. The summed E-state index contributed by atoms with van der Waals surface area (Å²) in [6, 6.07) is 6.44. The van der Waals surface area contributed by atoms with E-state index in [-0.39, 0.29) is 11.7 Å². The molecule has 2 aromatic rings. The Morgan fingerprint density at radius 1 is 1.22 bits per heavy atom. The number of rotatable bonds is 5. The lowest BCUT2D eigenvalue weighted by molar-refractivity contribution is 0.101. The molecule has 0 fully saturated rings. The van der Waals surface area contributed by atoms with Crippen LogP contribution in [0.5, 0.6) is 5.75 Å². The van der Waals surface area contributed by atoms with E-state index in [4.69, 9.17) is 27.9 Å². The highest BCUT2D eigenvalue weighted by Gasteiger charge is 2.21. The average molecular weight is 407 g/mol. The first-order chi connectivity index (χ1) is 12.9. The molecule has 1 aliphatic rings. The van der Waals surface area contributed by atoms with Crippen molar-refractivity contribution in [1.82, 2.24) is 5.32 Å². The molecule has 0 radical (unpaired) electrons. The Morgan fingerprint density at radius 3 is 2.70 bits per heavy atom. The molecule has 0 saturated heterocycles. The van der Waals surface area contributed by atoms with Crippen LogP contribution in [0.3, 0.4) is 0 Å². The summed E-state index contributed by atoms with van der Waals surface area (Å²) < 4.78 is 5.45. The van der Waals surface area contributed by atoms with E-state index in [0.717, 1.165) is 24.1 Å². The Bertz CT molecular complexity index is 913. The molecule has 0 unspecified atom stereocenters. The highest BCUT2D eigenvalue weighted by molar-refractivity contribution is 6.37. The second-order valence-electron chi connectivity index (χ2n) is 6.26. The van der Waals surface area contributed by atoms with E-state index in [9.17, 15) is 9.59 Å². The van der Waals surface area contributed by atoms with Gasteiger partial charge in [0.05, 0.1) is 22.9 Å².